The summed E-state index contributed by atoms with van der Waals surface area (Å²) in [5.41, 5.74) is -1.87. The van der Waals surface area contributed by atoms with Crippen molar-refractivity contribution in [2.75, 3.05) is 12.0 Å². The third-order valence-corrected chi connectivity index (χ3v) is 9.21. The standard InChI is InChI=1S/C33H31Cl2F2N3O4/c1-17-39(24-12-9-18(31(42)43)13-25(24)44-5)30(41)29-27(20-7-6-8-22(35)28(20)37)33(16-38,21-11-10-19(34)14-23(21)36)26(40(17)29)15-32(2,3)4/h6-14,17,26-27,29H,15H2,1-5H3,(H,42,43). The van der Waals surface area contributed by atoms with Crippen LogP contribution in [0.1, 0.15) is 61.5 Å². The van der Waals surface area contributed by atoms with Crippen molar-refractivity contribution in [1.29, 1.82) is 5.26 Å². The number of aromatic carboxylic acids is 1. The molecule has 1 amide bonds. The Kier molecular flexibility index (Phi) is 8.17. The summed E-state index contributed by atoms with van der Waals surface area (Å²) in [6.45, 7) is 7.70. The number of amides is 1. The number of nitriles is 1. The van der Waals surface area contributed by atoms with Crippen LogP contribution in [-0.4, -0.2) is 47.2 Å². The normalized spacial score (nSPS) is 25.2. The zero-order valence-electron chi connectivity index (χ0n) is 24.7. The molecule has 11 heteroatoms. The highest BCUT2D eigenvalue weighted by molar-refractivity contribution is 6.31. The van der Waals surface area contributed by atoms with E-state index in [1.54, 1.807) is 6.92 Å². The van der Waals surface area contributed by atoms with Gasteiger partial charge in [0.1, 0.15) is 28.8 Å². The zero-order valence-corrected chi connectivity index (χ0v) is 26.2. The average molecular weight is 643 g/mol. The van der Waals surface area contributed by atoms with E-state index in [1.807, 2.05) is 25.7 Å². The molecule has 0 aromatic heterocycles. The first-order chi connectivity index (χ1) is 20.7. The fraction of sp³-hybridized carbons (Fsp3) is 0.364. The van der Waals surface area contributed by atoms with Crippen LogP contribution in [0.5, 0.6) is 5.75 Å². The molecular weight excluding hydrogens is 611 g/mol. The lowest BCUT2D eigenvalue weighted by Crippen LogP contribution is -2.51. The zero-order chi connectivity index (χ0) is 32.3. The van der Waals surface area contributed by atoms with E-state index in [1.165, 1.54) is 60.5 Å². The Morgan fingerprint density at radius 2 is 1.84 bits per heavy atom. The van der Waals surface area contributed by atoms with Crippen molar-refractivity contribution < 1.29 is 28.2 Å². The van der Waals surface area contributed by atoms with Gasteiger partial charge in [0.15, 0.2) is 0 Å². The maximum absolute atomic E-state index is 16.0. The van der Waals surface area contributed by atoms with Gasteiger partial charge < -0.3 is 9.84 Å². The molecule has 5 atom stereocenters. The molecule has 3 aromatic carbocycles. The quantitative estimate of drug-likeness (QED) is 0.301. The first kappa shape index (κ1) is 31.7. The lowest BCUT2D eigenvalue weighted by molar-refractivity contribution is -0.119. The molecule has 230 valence electrons. The van der Waals surface area contributed by atoms with Crippen molar-refractivity contribution >= 4 is 40.8 Å². The van der Waals surface area contributed by atoms with Gasteiger partial charge in [-0.05, 0) is 60.7 Å². The molecule has 3 aromatic rings. The summed E-state index contributed by atoms with van der Waals surface area (Å²) in [6.07, 6.45) is -0.391. The van der Waals surface area contributed by atoms with Gasteiger partial charge in [-0.25, -0.2) is 13.6 Å². The smallest absolute Gasteiger partial charge is 0.335 e. The van der Waals surface area contributed by atoms with Gasteiger partial charge in [-0.3, -0.25) is 14.6 Å². The number of benzene rings is 3. The molecule has 5 rings (SSSR count). The highest BCUT2D eigenvalue weighted by Gasteiger charge is 2.69. The van der Waals surface area contributed by atoms with Crippen molar-refractivity contribution in [3.63, 3.8) is 0 Å². The molecule has 0 saturated carbocycles. The van der Waals surface area contributed by atoms with Crippen molar-refractivity contribution in [1.82, 2.24) is 4.90 Å². The molecule has 0 spiro atoms. The molecule has 2 aliphatic rings. The summed E-state index contributed by atoms with van der Waals surface area (Å²) < 4.78 is 37.5. The Hall–Kier alpha value is -3.71. The minimum atomic E-state index is -1.74. The summed E-state index contributed by atoms with van der Waals surface area (Å²) in [7, 11) is 1.37. The third-order valence-electron chi connectivity index (χ3n) is 8.68. The number of halogens is 4. The van der Waals surface area contributed by atoms with Crippen LogP contribution in [0, 0.1) is 28.4 Å². The number of carbonyl (C=O) groups is 2. The highest BCUT2D eigenvalue weighted by Crippen LogP contribution is 2.60. The lowest BCUT2D eigenvalue weighted by Gasteiger charge is -2.42. The number of ether oxygens (including phenoxy) is 1. The Balaban J connectivity index is 1.82. The van der Waals surface area contributed by atoms with E-state index in [0.717, 1.165) is 6.07 Å². The van der Waals surface area contributed by atoms with Gasteiger partial charge in [-0.1, -0.05) is 62.2 Å². The number of carboxylic acid groups (broad SMARTS) is 1. The van der Waals surface area contributed by atoms with Gasteiger partial charge in [-0.2, -0.15) is 5.26 Å². The summed E-state index contributed by atoms with van der Waals surface area (Å²) in [5, 5.41) is 20.6. The number of hydrogen-bond acceptors (Lipinski definition) is 5. The molecule has 2 fully saturated rings. The molecule has 7 nitrogen and oxygen atoms in total. The maximum atomic E-state index is 16.0. The first-order valence-corrected chi connectivity index (χ1v) is 14.8. The molecule has 2 aliphatic heterocycles. The second-order valence-electron chi connectivity index (χ2n) is 12.4. The minimum absolute atomic E-state index is 0.00682. The van der Waals surface area contributed by atoms with Crippen LogP contribution in [0.3, 0.4) is 0 Å². The van der Waals surface area contributed by atoms with Crippen LogP contribution in [0.15, 0.2) is 54.6 Å². The van der Waals surface area contributed by atoms with Gasteiger partial charge in [0, 0.05) is 22.5 Å². The van der Waals surface area contributed by atoms with Crippen molar-refractivity contribution in [3.8, 4) is 11.8 Å². The van der Waals surface area contributed by atoms with E-state index < -0.39 is 58.5 Å². The molecule has 0 aliphatic carbocycles. The summed E-state index contributed by atoms with van der Waals surface area (Å²) in [4.78, 5) is 29.7. The number of fused-ring (bicyclic) bond motifs is 1. The van der Waals surface area contributed by atoms with Crippen LogP contribution in [0.2, 0.25) is 10.0 Å². The van der Waals surface area contributed by atoms with Gasteiger partial charge in [0.05, 0.1) is 35.6 Å². The van der Waals surface area contributed by atoms with E-state index >= 15 is 8.78 Å². The number of nitrogens with zero attached hydrogens (tertiary/aromatic N) is 3. The van der Waals surface area contributed by atoms with E-state index in [0.29, 0.717) is 12.1 Å². The Bertz CT molecular complexity index is 1710. The number of methoxy groups -OCH3 is 1. The van der Waals surface area contributed by atoms with Crippen molar-refractivity contribution in [3.05, 3.63) is 93.0 Å². The predicted octanol–water partition coefficient (Wildman–Crippen LogP) is 7.41. The van der Waals surface area contributed by atoms with E-state index in [9.17, 15) is 20.0 Å². The predicted molar refractivity (Wildman–Crippen MR) is 163 cm³/mol. The number of carboxylic acids is 1. The fourth-order valence-electron chi connectivity index (χ4n) is 7.01. The molecule has 0 bridgehead atoms. The fourth-order valence-corrected chi connectivity index (χ4v) is 7.35. The van der Waals surface area contributed by atoms with Crippen LogP contribution in [-0.2, 0) is 10.2 Å². The van der Waals surface area contributed by atoms with Crippen LogP contribution < -0.4 is 9.64 Å². The van der Waals surface area contributed by atoms with Crippen LogP contribution in [0.4, 0.5) is 14.5 Å². The van der Waals surface area contributed by atoms with Crippen molar-refractivity contribution in [2.45, 2.75) is 63.7 Å². The summed E-state index contributed by atoms with van der Waals surface area (Å²) in [5.74, 6) is -4.23. The molecule has 1 N–H and O–H groups in total. The monoisotopic (exact) mass is 641 g/mol. The molecule has 0 radical (unpaired) electrons. The van der Waals surface area contributed by atoms with E-state index in [2.05, 4.69) is 6.07 Å². The Morgan fingerprint density at radius 1 is 1.14 bits per heavy atom. The van der Waals surface area contributed by atoms with Gasteiger partial charge in [0.25, 0.3) is 0 Å². The number of anilines is 1. The number of carbonyl (C=O) groups excluding carboxylic acids is 1. The third kappa shape index (κ3) is 4.90. The van der Waals surface area contributed by atoms with Gasteiger partial charge >= 0.3 is 5.97 Å². The second kappa shape index (κ2) is 11.3. The summed E-state index contributed by atoms with van der Waals surface area (Å²) >= 11 is 12.4. The van der Waals surface area contributed by atoms with Gasteiger partial charge in [-0.15, -0.1) is 0 Å². The van der Waals surface area contributed by atoms with Gasteiger partial charge in [0.2, 0.25) is 5.91 Å². The molecule has 2 saturated heterocycles. The minimum Gasteiger partial charge on any atom is -0.495 e. The SMILES string of the molecule is COc1cc(C(=O)O)ccc1N1C(=O)C2C(c3cccc(Cl)c3F)C(C#N)(c3ccc(Cl)cc3F)C(CC(C)(C)C)N2C1C. The molecule has 5 unspecified atom stereocenters. The summed E-state index contributed by atoms with van der Waals surface area (Å²) in [6, 6.07) is 13.1. The molecular formula is C33H31Cl2F2N3O4. The Morgan fingerprint density at radius 3 is 2.43 bits per heavy atom. The van der Waals surface area contributed by atoms with E-state index in [4.69, 9.17) is 27.9 Å². The first-order valence-electron chi connectivity index (χ1n) is 14.0. The topological polar surface area (TPSA) is 93.9 Å². The molecule has 44 heavy (non-hydrogen) atoms. The second-order valence-corrected chi connectivity index (χ2v) is 13.3. The molecule has 2 heterocycles. The van der Waals surface area contributed by atoms with Crippen molar-refractivity contribution in [2.24, 2.45) is 5.41 Å². The Labute approximate surface area is 264 Å². The maximum Gasteiger partial charge on any atom is 0.335 e. The highest BCUT2D eigenvalue weighted by atomic mass is 35.5. The lowest BCUT2D eigenvalue weighted by atomic mass is 9.62. The largest absolute Gasteiger partial charge is 0.495 e. The number of hydrogen-bond donors (Lipinski definition) is 1. The average Bonchev–Trinajstić information content (AvgIpc) is 3.37. The van der Waals surface area contributed by atoms with Crippen LogP contribution >= 0.6 is 23.2 Å². The van der Waals surface area contributed by atoms with E-state index in [-0.39, 0.29) is 32.5 Å². The number of rotatable bonds is 6. The van der Waals surface area contributed by atoms with Crippen LogP contribution in [0.25, 0.3) is 0 Å².